The number of furan rings is 1. The molecule has 1 unspecified atom stereocenters. The topological polar surface area (TPSA) is 13.1 Å². The van der Waals surface area contributed by atoms with Crippen LogP contribution in [0.5, 0.6) is 0 Å². The van der Waals surface area contributed by atoms with Crippen molar-refractivity contribution in [3.63, 3.8) is 0 Å². The van der Waals surface area contributed by atoms with Crippen molar-refractivity contribution in [1.29, 1.82) is 0 Å². The number of benzene rings is 1. The van der Waals surface area contributed by atoms with Crippen LogP contribution in [0.15, 0.2) is 34.7 Å². The molecule has 16 heavy (non-hydrogen) atoms. The average molecular weight is 255 g/mol. The first kappa shape index (κ1) is 11.6. The Morgan fingerprint density at radius 2 is 1.81 bits per heavy atom. The highest BCUT2D eigenvalue weighted by molar-refractivity contribution is 6.29. The SMILES string of the molecule is Cc1ccc(C(Cl)c2ccc(Cl)o2)cc1C. The molecule has 0 aliphatic rings. The van der Waals surface area contributed by atoms with E-state index in [1.54, 1.807) is 12.1 Å². The first-order valence-corrected chi connectivity index (χ1v) is 5.86. The summed E-state index contributed by atoms with van der Waals surface area (Å²) in [7, 11) is 0. The quantitative estimate of drug-likeness (QED) is 0.697. The van der Waals surface area contributed by atoms with Crippen molar-refractivity contribution in [2.24, 2.45) is 0 Å². The van der Waals surface area contributed by atoms with E-state index in [2.05, 4.69) is 26.0 Å². The zero-order valence-electron chi connectivity index (χ0n) is 9.13. The second kappa shape index (κ2) is 4.52. The summed E-state index contributed by atoms with van der Waals surface area (Å²) in [5.41, 5.74) is 3.50. The van der Waals surface area contributed by atoms with Crippen molar-refractivity contribution in [2.45, 2.75) is 19.2 Å². The second-order valence-corrected chi connectivity index (χ2v) is 4.66. The van der Waals surface area contributed by atoms with Gasteiger partial charge in [0.2, 0.25) is 0 Å². The first-order valence-electron chi connectivity index (χ1n) is 5.04. The predicted molar refractivity (Wildman–Crippen MR) is 67.3 cm³/mol. The van der Waals surface area contributed by atoms with Crippen molar-refractivity contribution in [1.82, 2.24) is 0 Å². The Morgan fingerprint density at radius 3 is 2.38 bits per heavy atom. The van der Waals surface area contributed by atoms with Crippen LogP contribution in [-0.2, 0) is 0 Å². The van der Waals surface area contributed by atoms with E-state index in [1.807, 2.05) is 6.07 Å². The molecule has 1 aromatic carbocycles. The Labute approximate surface area is 105 Å². The molecule has 0 saturated carbocycles. The highest BCUT2D eigenvalue weighted by atomic mass is 35.5. The highest BCUT2D eigenvalue weighted by Gasteiger charge is 2.15. The lowest BCUT2D eigenvalue weighted by Crippen LogP contribution is -1.93. The predicted octanol–water partition coefficient (Wildman–Crippen LogP) is 4.88. The summed E-state index contributed by atoms with van der Waals surface area (Å²) in [5, 5.41) is 0.0799. The van der Waals surface area contributed by atoms with Crippen molar-refractivity contribution in [3.05, 3.63) is 58.0 Å². The van der Waals surface area contributed by atoms with Crippen molar-refractivity contribution >= 4 is 23.2 Å². The van der Waals surface area contributed by atoms with Crippen LogP contribution >= 0.6 is 23.2 Å². The lowest BCUT2D eigenvalue weighted by molar-refractivity contribution is 0.518. The molecule has 0 aliphatic heterocycles. The lowest BCUT2D eigenvalue weighted by atomic mass is 10.0. The third-order valence-electron chi connectivity index (χ3n) is 2.67. The highest BCUT2D eigenvalue weighted by Crippen LogP contribution is 2.32. The Balaban J connectivity index is 2.33. The molecule has 1 atom stereocenters. The molecule has 2 aromatic rings. The van der Waals surface area contributed by atoms with Crippen LogP contribution in [0, 0.1) is 13.8 Å². The minimum atomic E-state index is -0.285. The molecular weight excluding hydrogens is 243 g/mol. The standard InChI is InChI=1S/C13H12Cl2O/c1-8-3-4-10(7-9(8)2)13(15)11-5-6-12(14)16-11/h3-7,13H,1-2H3. The number of aryl methyl sites for hydroxylation is 2. The summed E-state index contributed by atoms with van der Waals surface area (Å²) in [6.45, 7) is 4.14. The van der Waals surface area contributed by atoms with Gasteiger partial charge in [-0.3, -0.25) is 0 Å². The Morgan fingerprint density at radius 1 is 1.06 bits per heavy atom. The van der Waals surface area contributed by atoms with Gasteiger partial charge >= 0.3 is 0 Å². The lowest BCUT2D eigenvalue weighted by Gasteiger charge is -2.09. The summed E-state index contributed by atoms with van der Waals surface area (Å²) in [6.07, 6.45) is 0. The van der Waals surface area contributed by atoms with Crippen LogP contribution < -0.4 is 0 Å². The molecule has 1 nitrogen and oxygen atoms in total. The van der Waals surface area contributed by atoms with Crippen LogP contribution in [0.2, 0.25) is 5.22 Å². The molecule has 0 saturated heterocycles. The van der Waals surface area contributed by atoms with Crippen molar-refractivity contribution in [2.75, 3.05) is 0 Å². The molecule has 0 radical (unpaired) electrons. The van der Waals surface area contributed by atoms with Gasteiger partial charge in [-0.25, -0.2) is 0 Å². The second-order valence-electron chi connectivity index (χ2n) is 3.85. The molecule has 0 amide bonds. The largest absolute Gasteiger partial charge is 0.448 e. The van der Waals surface area contributed by atoms with Gasteiger partial charge in [-0.1, -0.05) is 18.2 Å². The Hall–Kier alpha value is -0.920. The summed E-state index contributed by atoms with van der Waals surface area (Å²) in [5.74, 6) is 0.676. The fraction of sp³-hybridized carbons (Fsp3) is 0.231. The van der Waals surface area contributed by atoms with Gasteiger partial charge in [-0.15, -0.1) is 11.6 Å². The molecule has 0 N–H and O–H groups in total. The minimum absolute atomic E-state index is 0.285. The molecule has 1 aromatic heterocycles. The number of rotatable bonds is 2. The van der Waals surface area contributed by atoms with Crippen LogP contribution in [0.4, 0.5) is 0 Å². The van der Waals surface area contributed by atoms with Crippen LogP contribution in [0.25, 0.3) is 0 Å². The van der Waals surface area contributed by atoms with E-state index in [0.29, 0.717) is 11.0 Å². The smallest absolute Gasteiger partial charge is 0.193 e. The van der Waals surface area contributed by atoms with Gasteiger partial charge in [0, 0.05) is 0 Å². The van der Waals surface area contributed by atoms with Gasteiger partial charge in [0.25, 0.3) is 0 Å². The third-order valence-corrected chi connectivity index (χ3v) is 3.34. The number of alkyl halides is 1. The summed E-state index contributed by atoms with van der Waals surface area (Å²) < 4.78 is 5.30. The molecule has 2 rings (SSSR count). The van der Waals surface area contributed by atoms with Gasteiger partial charge in [-0.2, -0.15) is 0 Å². The van der Waals surface area contributed by atoms with E-state index >= 15 is 0 Å². The number of halogens is 2. The molecule has 1 heterocycles. The fourth-order valence-corrected chi connectivity index (χ4v) is 1.96. The third kappa shape index (κ3) is 2.26. The normalized spacial score (nSPS) is 12.8. The summed E-state index contributed by atoms with van der Waals surface area (Å²) in [4.78, 5) is 0. The molecule has 0 fully saturated rings. The van der Waals surface area contributed by atoms with E-state index in [4.69, 9.17) is 27.6 Å². The maximum atomic E-state index is 6.32. The average Bonchev–Trinajstić information content (AvgIpc) is 2.68. The molecule has 84 valence electrons. The van der Waals surface area contributed by atoms with E-state index < -0.39 is 0 Å². The molecule has 0 bridgehead atoms. The van der Waals surface area contributed by atoms with E-state index in [-0.39, 0.29) is 5.38 Å². The molecule has 0 spiro atoms. The number of hydrogen-bond acceptors (Lipinski definition) is 1. The van der Waals surface area contributed by atoms with Crippen LogP contribution in [0.1, 0.15) is 27.8 Å². The van der Waals surface area contributed by atoms with Gasteiger partial charge < -0.3 is 4.42 Å². The summed E-state index contributed by atoms with van der Waals surface area (Å²) >= 11 is 12.0. The fourth-order valence-electron chi connectivity index (χ4n) is 1.55. The van der Waals surface area contributed by atoms with Crippen molar-refractivity contribution < 1.29 is 4.42 Å². The zero-order chi connectivity index (χ0) is 11.7. The van der Waals surface area contributed by atoms with E-state index in [9.17, 15) is 0 Å². The minimum Gasteiger partial charge on any atom is -0.448 e. The molecular formula is C13H12Cl2O. The van der Waals surface area contributed by atoms with Gasteiger partial charge in [0.1, 0.15) is 11.1 Å². The maximum absolute atomic E-state index is 6.32. The molecule has 3 heteroatoms. The van der Waals surface area contributed by atoms with E-state index in [1.165, 1.54) is 11.1 Å². The van der Waals surface area contributed by atoms with Gasteiger partial charge in [-0.05, 0) is 54.3 Å². The van der Waals surface area contributed by atoms with Crippen molar-refractivity contribution in [3.8, 4) is 0 Å². The van der Waals surface area contributed by atoms with Gasteiger partial charge in [0.05, 0.1) is 0 Å². The maximum Gasteiger partial charge on any atom is 0.193 e. The van der Waals surface area contributed by atoms with Crippen LogP contribution in [0.3, 0.4) is 0 Å². The number of hydrogen-bond donors (Lipinski definition) is 0. The summed E-state index contributed by atoms with van der Waals surface area (Å²) in [6, 6.07) is 9.65. The Bertz CT molecular complexity index is 502. The van der Waals surface area contributed by atoms with E-state index in [0.717, 1.165) is 5.56 Å². The monoisotopic (exact) mass is 254 g/mol. The first-order chi connectivity index (χ1) is 7.58. The van der Waals surface area contributed by atoms with Crippen LogP contribution in [-0.4, -0.2) is 0 Å². The Kier molecular flexibility index (Phi) is 3.27. The van der Waals surface area contributed by atoms with Gasteiger partial charge in [0.15, 0.2) is 5.22 Å². The zero-order valence-corrected chi connectivity index (χ0v) is 10.6. The molecule has 0 aliphatic carbocycles.